The van der Waals surface area contributed by atoms with E-state index in [1.165, 1.54) is 0 Å². The highest BCUT2D eigenvalue weighted by molar-refractivity contribution is 5.92. The quantitative estimate of drug-likeness (QED) is 0.740. The van der Waals surface area contributed by atoms with Crippen LogP contribution in [-0.2, 0) is 6.54 Å². The number of carbonyl (C=O) groups excluding carboxylic acids is 1. The van der Waals surface area contributed by atoms with Gasteiger partial charge in [-0.25, -0.2) is 4.98 Å². The van der Waals surface area contributed by atoms with Crippen LogP contribution in [0.15, 0.2) is 54.9 Å². The van der Waals surface area contributed by atoms with Gasteiger partial charge >= 0.3 is 0 Å². The van der Waals surface area contributed by atoms with E-state index in [9.17, 15) is 4.79 Å². The first kappa shape index (κ1) is 14.3. The minimum Gasteiger partial charge on any atom is -0.333 e. The van der Waals surface area contributed by atoms with E-state index in [-0.39, 0.29) is 5.91 Å². The van der Waals surface area contributed by atoms with Crippen molar-refractivity contribution in [2.45, 2.75) is 20.4 Å². The van der Waals surface area contributed by atoms with Gasteiger partial charge in [0.1, 0.15) is 11.3 Å². The van der Waals surface area contributed by atoms with Gasteiger partial charge in [0.2, 0.25) is 0 Å². The molecule has 0 saturated heterocycles. The second kappa shape index (κ2) is 6.02. The van der Waals surface area contributed by atoms with Crippen LogP contribution >= 0.6 is 0 Å². The Hall–Kier alpha value is -2.62. The highest BCUT2D eigenvalue weighted by Crippen LogP contribution is 2.12. The highest BCUT2D eigenvalue weighted by atomic mass is 16.2. The molecule has 3 aromatic rings. The molecule has 22 heavy (non-hydrogen) atoms. The normalized spacial score (nSPS) is 10.8. The van der Waals surface area contributed by atoms with Crippen LogP contribution in [0, 0.1) is 6.92 Å². The third-order valence-corrected chi connectivity index (χ3v) is 3.72. The molecule has 0 aliphatic heterocycles. The first-order valence-electron chi connectivity index (χ1n) is 7.46. The monoisotopic (exact) mass is 293 g/mol. The van der Waals surface area contributed by atoms with Crippen molar-refractivity contribution in [2.75, 3.05) is 6.54 Å². The van der Waals surface area contributed by atoms with Gasteiger partial charge in [0.05, 0.1) is 0 Å². The summed E-state index contributed by atoms with van der Waals surface area (Å²) in [6.07, 6.45) is 3.73. The molecule has 0 fully saturated rings. The molecule has 0 radical (unpaired) electrons. The summed E-state index contributed by atoms with van der Waals surface area (Å²) < 4.78 is 1.89. The molecule has 4 heteroatoms. The number of aryl methyl sites for hydroxylation is 1. The molecule has 112 valence electrons. The Labute approximate surface area is 130 Å². The van der Waals surface area contributed by atoms with Crippen LogP contribution in [-0.4, -0.2) is 26.7 Å². The summed E-state index contributed by atoms with van der Waals surface area (Å²) >= 11 is 0. The Kier molecular flexibility index (Phi) is 3.92. The van der Waals surface area contributed by atoms with Crippen molar-refractivity contribution < 1.29 is 4.79 Å². The van der Waals surface area contributed by atoms with Crippen LogP contribution in [0.25, 0.3) is 5.65 Å². The Morgan fingerprint density at radius 1 is 1.23 bits per heavy atom. The summed E-state index contributed by atoms with van der Waals surface area (Å²) in [5, 5.41) is 0. The van der Waals surface area contributed by atoms with E-state index in [1.807, 2.05) is 71.8 Å². The Morgan fingerprint density at radius 2 is 2.00 bits per heavy atom. The lowest BCUT2D eigenvalue weighted by atomic mass is 10.2. The fraction of sp³-hybridized carbons (Fsp3) is 0.222. The maximum absolute atomic E-state index is 12.7. The molecule has 0 atom stereocenters. The number of rotatable bonds is 4. The van der Waals surface area contributed by atoms with E-state index in [2.05, 4.69) is 4.98 Å². The van der Waals surface area contributed by atoms with E-state index in [0.717, 1.165) is 16.8 Å². The molecule has 0 aliphatic carbocycles. The molecule has 0 saturated carbocycles. The van der Waals surface area contributed by atoms with E-state index in [4.69, 9.17) is 0 Å². The number of hydrogen-bond donors (Lipinski definition) is 0. The zero-order valence-electron chi connectivity index (χ0n) is 12.9. The maximum Gasteiger partial charge on any atom is 0.274 e. The number of pyridine rings is 1. The molecule has 0 unspecified atom stereocenters. The van der Waals surface area contributed by atoms with Crippen LogP contribution in [0.3, 0.4) is 0 Å². The predicted molar refractivity (Wildman–Crippen MR) is 86.8 cm³/mol. The average Bonchev–Trinajstić information content (AvgIpc) is 2.96. The van der Waals surface area contributed by atoms with Crippen LogP contribution in [0.5, 0.6) is 0 Å². The van der Waals surface area contributed by atoms with Gasteiger partial charge in [-0.2, -0.15) is 0 Å². The summed E-state index contributed by atoms with van der Waals surface area (Å²) in [5.41, 5.74) is 3.55. The Balaban J connectivity index is 1.86. The van der Waals surface area contributed by atoms with Crippen molar-refractivity contribution in [3.05, 3.63) is 71.7 Å². The third kappa shape index (κ3) is 2.86. The van der Waals surface area contributed by atoms with E-state index in [1.54, 1.807) is 6.20 Å². The summed E-state index contributed by atoms with van der Waals surface area (Å²) in [4.78, 5) is 19.0. The molecule has 0 spiro atoms. The largest absolute Gasteiger partial charge is 0.333 e. The summed E-state index contributed by atoms with van der Waals surface area (Å²) in [7, 11) is 0. The van der Waals surface area contributed by atoms with Crippen molar-refractivity contribution in [2.24, 2.45) is 0 Å². The Morgan fingerprint density at radius 3 is 2.73 bits per heavy atom. The third-order valence-electron chi connectivity index (χ3n) is 3.72. The van der Waals surface area contributed by atoms with Crippen LogP contribution in [0.2, 0.25) is 0 Å². The number of hydrogen-bond acceptors (Lipinski definition) is 2. The van der Waals surface area contributed by atoms with Gasteiger partial charge in [-0.05, 0) is 37.1 Å². The van der Waals surface area contributed by atoms with Gasteiger partial charge < -0.3 is 9.30 Å². The number of aromatic nitrogens is 2. The van der Waals surface area contributed by atoms with E-state index >= 15 is 0 Å². The minimum absolute atomic E-state index is 0.0345. The molecule has 3 rings (SSSR count). The SMILES string of the molecule is CCN(Cc1ccccc1)C(=O)c1cn2ccc(C)cc2n1. The lowest BCUT2D eigenvalue weighted by Crippen LogP contribution is -2.30. The number of nitrogens with zero attached hydrogens (tertiary/aromatic N) is 3. The molecule has 4 nitrogen and oxygen atoms in total. The van der Waals surface area contributed by atoms with Crippen LogP contribution in [0.1, 0.15) is 28.5 Å². The average molecular weight is 293 g/mol. The molecular formula is C18H19N3O. The van der Waals surface area contributed by atoms with E-state index in [0.29, 0.717) is 18.8 Å². The smallest absolute Gasteiger partial charge is 0.274 e. The number of fused-ring (bicyclic) bond motifs is 1. The second-order valence-corrected chi connectivity index (χ2v) is 5.40. The maximum atomic E-state index is 12.7. The van der Waals surface area contributed by atoms with Crippen molar-refractivity contribution in [1.29, 1.82) is 0 Å². The summed E-state index contributed by atoms with van der Waals surface area (Å²) in [6, 6.07) is 14.0. The molecule has 2 heterocycles. The topological polar surface area (TPSA) is 37.6 Å². The zero-order valence-corrected chi connectivity index (χ0v) is 12.9. The molecule has 1 aromatic carbocycles. The molecule has 0 bridgehead atoms. The van der Waals surface area contributed by atoms with Gasteiger partial charge in [0, 0.05) is 25.5 Å². The fourth-order valence-corrected chi connectivity index (χ4v) is 2.48. The Bertz CT molecular complexity index is 792. The van der Waals surface area contributed by atoms with Crippen LogP contribution in [0.4, 0.5) is 0 Å². The number of benzene rings is 1. The summed E-state index contributed by atoms with van der Waals surface area (Å²) in [6.45, 7) is 5.26. The van der Waals surface area contributed by atoms with Gasteiger partial charge in [-0.1, -0.05) is 30.3 Å². The lowest BCUT2D eigenvalue weighted by Gasteiger charge is -2.19. The highest BCUT2D eigenvalue weighted by Gasteiger charge is 2.17. The van der Waals surface area contributed by atoms with Crippen molar-refractivity contribution in [3.8, 4) is 0 Å². The standard InChI is InChI=1S/C18H19N3O/c1-3-20(12-15-7-5-4-6-8-15)18(22)16-13-21-10-9-14(2)11-17(21)19-16/h4-11,13H,3,12H2,1-2H3. The molecule has 0 aliphatic rings. The van der Waals surface area contributed by atoms with Gasteiger partial charge in [0.15, 0.2) is 0 Å². The van der Waals surface area contributed by atoms with Crippen molar-refractivity contribution in [1.82, 2.24) is 14.3 Å². The first-order chi connectivity index (χ1) is 10.7. The molecular weight excluding hydrogens is 274 g/mol. The molecule has 2 aromatic heterocycles. The summed E-state index contributed by atoms with van der Waals surface area (Å²) in [5.74, 6) is -0.0345. The van der Waals surface area contributed by atoms with Crippen molar-refractivity contribution >= 4 is 11.6 Å². The number of imidazole rings is 1. The number of carbonyl (C=O) groups is 1. The lowest BCUT2D eigenvalue weighted by molar-refractivity contribution is 0.0747. The van der Waals surface area contributed by atoms with Gasteiger partial charge in [-0.15, -0.1) is 0 Å². The van der Waals surface area contributed by atoms with Crippen LogP contribution < -0.4 is 0 Å². The minimum atomic E-state index is -0.0345. The zero-order chi connectivity index (χ0) is 15.5. The predicted octanol–water partition coefficient (Wildman–Crippen LogP) is 3.31. The number of amides is 1. The second-order valence-electron chi connectivity index (χ2n) is 5.40. The molecule has 0 N–H and O–H groups in total. The van der Waals surface area contributed by atoms with E-state index < -0.39 is 0 Å². The van der Waals surface area contributed by atoms with Crippen molar-refractivity contribution in [3.63, 3.8) is 0 Å². The van der Waals surface area contributed by atoms with Gasteiger partial charge in [-0.3, -0.25) is 4.79 Å². The molecule has 1 amide bonds. The fourth-order valence-electron chi connectivity index (χ4n) is 2.48. The van der Waals surface area contributed by atoms with Gasteiger partial charge in [0.25, 0.3) is 5.91 Å². The first-order valence-corrected chi connectivity index (χ1v) is 7.46.